The Morgan fingerprint density at radius 2 is 2.20 bits per heavy atom. The third-order valence-corrected chi connectivity index (χ3v) is 4.16. The second kappa shape index (κ2) is 8.01. The lowest BCUT2D eigenvalue weighted by atomic mass is 9.92. The summed E-state index contributed by atoms with van der Waals surface area (Å²) in [7, 11) is 0. The van der Waals surface area contributed by atoms with Crippen molar-refractivity contribution in [2.75, 3.05) is 13.1 Å². The van der Waals surface area contributed by atoms with Gasteiger partial charge in [0, 0.05) is 16.1 Å². The minimum Gasteiger partial charge on any atom is -0.349 e. The number of hydrogen-bond donors (Lipinski definition) is 2. The van der Waals surface area contributed by atoms with E-state index in [1.54, 1.807) is 0 Å². The van der Waals surface area contributed by atoms with E-state index < -0.39 is 0 Å². The lowest BCUT2D eigenvalue weighted by Crippen LogP contribution is -2.44. The lowest BCUT2D eigenvalue weighted by molar-refractivity contribution is 0.0922. The molecule has 2 N–H and O–H groups in total. The molecule has 0 spiro atoms. The van der Waals surface area contributed by atoms with Gasteiger partial charge in [-0.15, -0.1) is 12.4 Å². The highest BCUT2D eigenvalue weighted by atomic mass is 79.9. The first-order valence-electron chi connectivity index (χ1n) is 6.85. The molecule has 2 unspecified atom stereocenters. The van der Waals surface area contributed by atoms with Crippen LogP contribution in [0.2, 0.25) is 0 Å². The average Bonchev–Trinajstić information content (AvgIpc) is 2.38. The Morgan fingerprint density at radius 3 is 2.80 bits per heavy atom. The number of aryl methyl sites for hydroxylation is 1. The van der Waals surface area contributed by atoms with E-state index in [1.165, 1.54) is 12.8 Å². The van der Waals surface area contributed by atoms with Gasteiger partial charge in [0.05, 0.1) is 0 Å². The maximum atomic E-state index is 12.2. The molecule has 2 atom stereocenters. The van der Waals surface area contributed by atoms with Crippen LogP contribution >= 0.6 is 28.3 Å². The Balaban J connectivity index is 0.00000200. The summed E-state index contributed by atoms with van der Waals surface area (Å²) in [5.74, 6) is 0.549. The van der Waals surface area contributed by atoms with Gasteiger partial charge in [0.15, 0.2) is 0 Å². The number of hydrogen-bond acceptors (Lipinski definition) is 2. The molecule has 1 amide bonds. The van der Waals surface area contributed by atoms with Gasteiger partial charge in [0.2, 0.25) is 0 Å². The summed E-state index contributed by atoms with van der Waals surface area (Å²) in [6.45, 7) is 6.19. The summed E-state index contributed by atoms with van der Waals surface area (Å²) in [5, 5.41) is 6.51. The molecule has 1 aromatic carbocycles. The number of rotatable bonds is 3. The molecule has 2 rings (SSSR count). The molecule has 1 saturated heterocycles. The summed E-state index contributed by atoms with van der Waals surface area (Å²) in [6, 6.07) is 6.00. The van der Waals surface area contributed by atoms with Crippen molar-refractivity contribution < 1.29 is 4.79 Å². The topological polar surface area (TPSA) is 41.1 Å². The predicted octanol–water partition coefficient (Wildman–Crippen LogP) is 3.30. The van der Waals surface area contributed by atoms with Gasteiger partial charge in [-0.25, -0.2) is 0 Å². The van der Waals surface area contributed by atoms with Crippen LogP contribution in [0.15, 0.2) is 22.7 Å². The number of piperidine rings is 1. The molecule has 0 radical (unpaired) electrons. The molecule has 3 nitrogen and oxygen atoms in total. The number of amides is 1. The van der Waals surface area contributed by atoms with Crippen LogP contribution < -0.4 is 10.6 Å². The van der Waals surface area contributed by atoms with E-state index in [2.05, 4.69) is 33.5 Å². The zero-order valence-corrected chi connectivity index (χ0v) is 14.3. The van der Waals surface area contributed by atoms with Gasteiger partial charge in [0.1, 0.15) is 0 Å². The van der Waals surface area contributed by atoms with Gasteiger partial charge in [0.25, 0.3) is 5.91 Å². The molecule has 1 aromatic rings. The summed E-state index contributed by atoms with van der Waals surface area (Å²) in [5.41, 5.74) is 1.81. The molecule has 1 fully saturated rings. The van der Waals surface area contributed by atoms with Gasteiger partial charge >= 0.3 is 0 Å². The van der Waals surface area contributed by atoms with Crippen LogP contribution in [-0.2, 0) is 0 Å². The second-order valence-corrected chi connectivity index (χ2v) is 6.30. The second-order valence-electron chi connectivity index (χ2n) is 5.39. The van der Waals surface area contributed by atoms with Crippen molar-refractivity contribution in [1.29, 1.82) is 0 Å². The molecule has 1 aliphatic rings. The molecular weight excluding hydrogens is 340 g/mol. The molecule has 0 aliphatic carbocycles. The fourth-order valence-electron chi connectivity index (χ4n) is 2.58. The van der Waals surface area contributed by atoms with E-state index >= 15 is 0 Å². The van der Waals surface area contributed by atoms with Crippen LogP contribution in [0.25, 0.3) is 0 Å². The predicted molar refractivity (Wildman–Crippen MR) is 88.6 cm³/mol. The van der Waals surface area contributed by atoms with Crippen molar-refractivity contribution in [3.8, 4) is 0 Å². The highest BCUT2D eigenvalue weighted by Crippen LogP contribution is 2.17. The SMILES string of the molecule is Cc1cc(Br)cc(C(=O)NC(C)C2CCCNC2)c1.Cl. The quantitative estimate of drug-likeness (QED) is 0.867. The normalized spacial score (nSPS) is 19.9. The van der Waals surface area contributed by atoms with E-state index in [9.17, 15) is 4.79 Å². The van der Waals surface area contributed by atoms with Gasteiger partial charge in [-0.2, -0.15) is 0 Å². The van der Waals surface area contributed by atoms with Crippen molar-refractivity contribution in [1.82, 2.24) is 10.6 Å². The molecule has 1 heterocycles. The Kier molecular flexibility index (Phi) is 7.00. The van der Waals surface area contributed by atoms with Gasteiger partial charge in [-0.05, 0) is 69.5 Å². The Bertz CT molecular complexity index is 441. The Morgan fingerprint density at radius 1 is 1.45 bits per heavy atom. The average molecular weight is 362 g/mol. The molecule has 20 heavy (non-hydrogen) atoms. The molecule has 112 valence electrons. The first-order chi connectivity index (χ1) is 9.06. The number of carbonyl (C=O) groups excluding carboxylic acids is 1. The number of nitrogens with one attached hydrogen (secondary N) is 2. The van der Waals surface area contributed by atoms with Crippen molar-refractivity contribution >= 4 is 34.2 Å². The minimum atomic E-state index is 0. The zero-order chi connectivity index (χ0) is 13.8. The zero-order valence-electron chi connectivity index (χ0n) is 11.9. The summed E-state index contributed by atoms with van der Waals surface area (Å²) in [6.07, 6.45) is 2.38. The van der Waals surface area contributed by atoms with Crippen molar-refractivity contribution in [3.63, 3.8) is 0 Å². The number of carbonyl (C=O) groups is 1. The highest BCUT2D eigenvalue weighted by molar-refractivity contribution is 9.10. The summed E-state index contributed by atoms with van der Waals surface area (Å²) >= 11 is 3.43. The number of benzene rings is 1. The fourth-order valence-corrected chi connectivity index (χ4v) is 3.19. The molecule has 1 aliphatic heterocycles. The van der Waals surface area contributed by atoms with Gasteiger partial charge in [-0.3, -0.25) is 4.79 Å². The molecule has 0 aromatic heterocycles. The van der Waals surface area contributed by atoms with E-state index in [0.717, 1.165) is 28.7 Å². The van der Waals surface area contributed by atoms with Crippen molar-refractivity contribution in [3.05, 3.63) is 33.8 Å². The van der Waals surface area contributed by atoms with E-state index in [0.29, 0.717) is 5.92 Å². The number of halogens is 2. The first kappa shape index (κ1) is 17.5. The van der Waals surface area contributed by atoms with Crippen molar-refractivity contribution in [2.45, 2.75) is 32.7 Å². The third kappa shape index (κ3) is 4.76. The van der Waals surface area contributed by atoms with Crippen LogP contribution in [0.4, 0.5) is 0 Å². The molecule has 5 heteroatoms. The fraction of sp³-hybridized carbons (Fsp3) is 0.533. The first-order valence-corrected chi connectivity index (χ1v) is 7.64. The standard InChI is InChI=1S/C15H21BrN2O.ClH/c1-10-6-13(8-14(16)7-10)15(19)18-11(2)12-4-3-5-17-9-12;/h6-8,11-12,17H,3-5,9H2,1-2H3,(H,18,19);1H. The molecule has 0 bridgehead atoms. The summed E-state index contributed by atoms with van der Waals surface area (Å²) in [4.78, 5) is 12.2. The summed E-state index contributed by atoms with van der Waals surface area (Å²) < 4.78 is 0.949. The minimum absolute atomic E-state index is 0. The van der Waals surface area contributed by atoms with E-state index in [4.69, 9.17) is 0 Å². The third-order valence-electron chi connectivity index (χ3n) is 3.71. The maximum absolute atomic E-state index is 12.2. The van der Waals surface area contributed by atoms with Crippen LogP contribution in [0.5, 0.6) is 0 Å². The van der Waals surface area contributed by atoms with Gasteiger partial charge in [-0.1, -0.05) is 15.9 Å². The Hall–Kier alpha value is -0.580. The van der Waals surface area contributed by atoms with Crippen molar-refractivity contribution in [2.24, 2.45) is 5.92 Å². The largest absolute Gasteiger partial charge is 0.349 e. The van der Waals surface area contributed by atoms with Crippen LogP contribution in [-0.4, -0.2) is 25.0 Å². The monoisotopic (exact) mass is 360 g/mol. The highest BCUT2D eigenvalue weighted by Gasteiger charge is 2.21. The Labute approximate surface area is 135 Å². The van der Waals surface area contributed by atoms with Crippen LogP contribution in [0.1, 0.15) is 35.7 Å². The smallest absolute Gasteiger partial charge is 0.251 e. The maximum Gasteiger partial charge on any atom is 0.251 e. The lowest BCUT2D eigenvalue weighted by Gasteiger charge is -2.29. The molecule has 0 saturated carbocycles. The van der Waals surface area contributed by atoms with Crippen LogP contribution in [0.3, 0.4) is 0 Å². The van der Waals surface area contributed by atoms with E-state index in [-0.39, 0.29) is 24.4 Å². The van der Waals surface area contributed by atoms with Gasteiger partial charge < -0.3 is 10.6 Å². The van der Waals surface area contributed by atoms with Crippen LogP contribution in [0, 0.1) is 12.8 Å². The van der Waals surface area contributed by atoms with E-state index in [1.807, 2.05) is 25.1 Å². The molecular formula is C15H22BrClN2O.